The number of halogens is 1. The molecule has 2 amide bonds. The van der Waals surface area contributed by atoms with Crippen molar-refractivity contribution in [3.8, 4) is 0 Å². The number of anilines is 2. The van der Waals surface area contributed by atoms with E-state index in [0.29, 0.717) is 11.4 Å². The number of amides is 2. The topological polar surface area (TPSA) is 101 Å². The van der Waals surface area contributed by atoms with E-state index < -0.39 is 16.1 Å². The third-order valence-corrected chi connectivity index (χ3v) is 7.08. The number of nitro groups is 1. The van der Waals surface area contributed by atoms with E-state index in [4.69, 9.17) is 0 Å². The zero-order valence-corrected chi connectivity index (χ0v) is 21.2. The van der Waals surface area contributed by atoms with Crippen LogP contribution in [0.2, 0.25) is 0 Å². The maximum absolute atomic E-state index is 13.3. The van der Waals surface area contributed by atoms with Gasteiger partial charge in [0, 0.05) is 32.8 Å². The monoisotopic (exact) mass is 561 g/mol. The molecule has 4 rings (SSSR count). The molecule has 0 fully saturated rings. The highest BCUT2D eigenvalue weighted by molar-refractivity contribution is 9.10. The van der Waals surface area contributed by atoms with Crippen LogP contribution in [0.4, 0.5) is 17.1 Å². The minimum absolute atomic E-state index is 0.159. The Hall–Kier alpha value is -3.95. The number of thioether (sulfide) groups is 1. The lowest BCUT2D eigenvalue weighted by atomic mass is 10.1. The van der Waals surface area contributed by atoms with E-state index in [2.05, 4.69) is 26.6 Å². The van der Waals surface area contributed by atoms with Gasteiger partial charge in [-0.3, -0.25) is 19.7 Å². The van der Waals surface area contributed by atoms with Gasteiger partial charge in [0.2, 0.25) is 5.91 Å². The van der Waals surface area contributed by atoms with Gasteiger partial charge in [-0.1, -0.05) is 54.6 Å². The zero-order chi connectivity index (χ0) is 25.5. The van der Waals surface area contributed by atoms with Gasteiger partial charge < -0.3 is 10.6 Å². The van der Waals surface area contributed by atoms with Gasteiger partial charge in [0.25, 0.3) is 11.6 Å². The number of non-ortho nitro benzene ring substituents is 1. The van der Waals surface area contributed by atoms with Crippen molar-refractivity contribution >= 4 is 56.6 Å². The predicted octanol–water partition coefficient (Wildman–Crippen LogP) is 7.08. The summed E-state index contributed by atoms with van der Waals surface area (Å²) in [6.07, 6.45) is 0. The third-order valence-electron chi connectivity index (χ3n) is 5.14. The summed E-state index contributed by atoms with van der Waals surface area (Å²) < 4.78 is 0.779. The average Bonchev–Trinajstić information content (AvgIpc) is 2.89. The minimum Gasteiger partial charge on any atom is -0.324 e. The van der Waals surface area contributed by atoms with E-state index in [0.717, 1.165) is 14.9 Å². The summed E-state index contributed by atoms with van der Waals surface area (Å²) in [6.45, 7) is 0. The quantitative estimate of drug-likeness (QED) is 0.136. The second kappa shape index (κ2) is 11.7. The SMILES string of the molecule is O=C(Nc1cccc(SC(C(=O)Nc2ccccc2Br)c2ccccc2)c1)c1cccc([N+](=O)[O-])c1. The molecular weight excluding hydrogens is 542 g/mol. The summed E-state index contributed by atoms with van der Waals surface area (Å²) in [5.41, 5.74) is 2.03. The molecule has 0 aliphatic heterocycles. The molecule has 0 saturated carbocycles. The van der Waals surface area contributed by atoms with Crippen LogP contribution in [0.3, 0.4) is 0 Å². The number of nitro benzene ring substituents is 1. The van der Waals surface area contributed by atoms with Crippen LogP contribution in [0.5, 0.6) is 0 Å². The molecule has 0 aliphatic rings. The highest BCUT2D eigenvalue weighted by atomic mass is 79.9. The van der Waals surface area contributed by atoms with Crippen LogP contribution in [-0.2, 0) is 4.79 Å². The Morgan fingerprint density at radius 3 is 2.31 bits per heavy atom. The Kier molecular flexibility index (Phi) is 8.14. The lowest BCUT2D eigenvalue weighted by molar-refractivity contribution is -0.384. The minimum atomic E-state index is -0.555. The largest absolute Gasteiger partial charge is 0.324 e. The zero-order valence-electron chi connectivity index (χ0n) is 18.8. The van der Waals surface area contributed by atoms with E-state index >= 15 is 0 Å². The van der Waals surface area contributed by atoms with Crippen LogP contribution in [-0.4, -0.2) is 16.7 Å². The fourth-order valence-corrected chi connectivity index (χ4v) is 4.88. The van der Waals surface area contributed by atoms with Crippen molar-refractivity contribution in [2.45, 2.75) is 10.1 Å². The lowest BCUT2D eigenvalue weighted by Gasteiger charge is -2.18. The number of carbonyl (C=O) groups is 2. The van der Waals surface area contributed by atoms with Crippen molar-refractivity contribution < 1.29 is 14.5 Å². The molecule has 1 unspecified atom stereocenters. The standard InChI is InChI=1S/C27H20BrN3O4S/c28-23-14-4-5-15-24(23)30-27(33)25(18-8-2-1-3-9-18)36-22-13-7-11-20(17-22)29-26(32)19-10-6-12-21(16-19)31(34)35/h1-17,25H,(H,29,32)(H,30,33). The number of hydrogen-bond donors (Lipinski definition) is 2. The summed E-state index contributed by atoms with van der Waals surface area (Å²) in [7, 11) is 0. The van der Waals surface area contributed by atoms with Crippen molar-refractivity contribution in [1.29, 1.82) is 0 Å². The molecule has 0 aliphatic carbocycles. The number of rotatable bonds is 8. The Bertz CT molecular complexity index is 1420. The van der Waals surface area contributed by atoms with Gasteiger partial charge in [-0.15, -0.1) is 11.8 Å². The second-order valence-corrected chi connectivity index (χ2v) is 9.70. The average molecular weight is 562 g/mol. The van der Waals surface area contributed by atoms with Gasteiger partial charge in [-0.05, 0) is 57.9 Å². The molecule has 4 aromatic carbocycles. The van der Waals surface area contributed by atoms with Gasteiger partial charge in [-0.25, -0.2) is 0 Å². The highest BCUT2D eigenvalue weighted by Gasteiger charge is 2.23. The van der Waals surface area contributed by atoms with E-state index in [-0.39, 0.29) is 17.2 Å². The van der Waals surface area contributed by atoms with Crippen molar-refractivity contribution in [3.05, 3.63) is 129 Å². The Balaban J connectivity index is 1.54. The summed E-state index contributed by atoms with van der Waals surface area (Å²) in [5, 5.41) is 16.2. The van der Waals surface area contributed by atoms with Crippen molar-refractivity contribution in [2.75, 3.05) is 10.6 Å². The van der Waals surface area contributed by atoms with Crippen LogP contribution >= 0.6 is 27.7 Å². The van der Waals surface area contributed by atoms with E-state index in [9.17, 15) is 19.7 Å². The molecule has 180 valence electrons. The lowest BCUT2D eigenvalue weighted by Crippen LogP contribution is -2.19. The molecule has 7 nitrogen and oxygen atoms in total. The predicted molar refractivity (Wildman–Crippen MR) is 145 cm³/mol. The Morgan fingerprint density at radius 1 is 0.833 bits per heavy atom. The highest BCUT2D eigenvalue weighted by Crippen LogP contribution is 2.37. The molecule has 0 bridgehead atoms. The molecule has 36 heavy (non-hydrogen) atoms. The van der Waals surface area contributed by atoms with Gasteiger partial charge in [-0.2, -0.15) is 0 Å². The first-order valence-corrected chi connectivity index (χ1v) is 12.5. The maximum Gasteiger partial charge on any atom is 0.270 e. The van der Waals surface area contributed by atoms with Gasteiger partial charge in [0.15, 0.2) is 0 Å². The summed E-state index contributed by atoms with van der Waals surface area (Å²) >= 11 is 4.81. The number of carbonyl (C=O) groups excluding carboxylic acids is 2. The number of para-hydroxylation sites is 1. The first-order valence-electron chi connectivity index (χ1n) is 10.8. The first kappa shape index (κ1) is 25.2. The van der Waals surface area contributed by atoms with Crippen molar-refractivity contribution in [2.24, 2.45) is 0 Å². The fourth-order valence-electron chi connectivity index (χ4n) is 3.41. The maximum atomic E-state index is 13.3. The van der Waals surface area contributed by atoms with Crippen LogP contribution in [0, 0.1) is 10.1 Å². The first-order chi connectivity index (χ1) is 17.4. The number of benzene rings is 4. The summed E-state index contributed by atoms with van der Waals surface area (Å²) in [4.78, 5) is 37.2. The van der Waals surface area contributed by atoms with E-state index in [1.807, 2.05) is 60.7 Å². The molecule has 0 aromatic heterocycles. The smallest absolute Gasteiger partial charge is 0.270 e. The second-order valence-electron chi connectivity index (χ2n) is 7.67. The molecule has 0 radical (unpaired) electrons. The van der Waals surface area contributed by atoms with Gasteiger partial charge >= 0.3 is 0 Å². The molecular formula is C27H20BrN3O4S. The normalized spacial score (nSPS) is 11.4. The fraction of sp³-hybridized carbons (Fsp3) is 0.0370. The van der Waals surface area contributed by atoms with E-state index in [1.54, 1.807) is 18.2 Å². The third kappa shape index (κ3) is 6.38. The Labute approximate surface area is 220 Å². The molecule has 0 spiro atoms. The number of nitrogens with one attached hydrogen (secondary N) is 2. The van der Waals surface area contributed by atoms with Gasteiger partial charge in [0.05, 0.1) is 10.6 Å². The van der Waals surface area contributed by atoms with Crippen molar-refractivity contribution in [1.82, 2.24) is 0 Å². The molecule has 9 heteroatoms. The summed E-state index contributed by atoms with van der Waals surface area (Å²) in [5.74, 6) is -0.656. The molecule has 2 N–H and O–H groups in total. The van der Waals surface area contributed by atoms with Gasteiger partial charge in [0.1, 0.15) is 5.25 Å². The molecule has 0 saturated heterocycles. The van der Waals surface area contributed by atoms with E-state index in [1.165, 1.54) is 36.0 Å². The number of hydrogen-bond acceptors (Lipinski definition) is 5. The summed E-state index contributed by atoms with van der Waals surface area (Å²) in [6, 6.07) is 29.5. The van der Waals surface area contributed by atoms with Crippen LogP contribution in [0.15, 0.2) is 112 Å². The Morgan fingerprint density at radius 2 is 1.56 bits per heavy atom. The van der Waals surface area contributed by atoms with Crippen LogP contribution < -0.4 is 10.6 Å². The van der Waals surface area contributed by atoms with Crippen molar-refractivity contribution in [3.63, 3.8) is 0 Å². The number of nitrogens with zero attached hydrogens (tertiary/aromatic N) is 1. The molecule has 4 aromatic rings. The molecule has 1 atom stereocenters. The van der Waals surface area contributed by atoms with Crippen LogP contribution in [0.25, 0.3) is 0 Å². The molecule has 0 heterocycles. The van der Waals surface area contributed by atoms with Crippen LogP contribution in [0.1, 0.15) is 21.2 Å².